The molecule has 0 saturated heterocycles. The fourth-order valence-electron chi connectivity index (χ4n) is 2.93. The average Bonchev–Trinajstić information content (AvgIpc) is 3.17. The number of aliphatic carboxylic acids is 1. The number of carboxylic acids is 1. The Morgan fingerprint density at radius 3 is 2.96 bits per heavy atom. The van der Waals surface area contributed by atoms with Crippen molar-refractivity contribution in [1.82, 2.24) is 20.2 Å². The molecule has 24 heavy (non-hydrogen) atoms. The van der Waals surface area contributed by atoms with Crippen LogP contribution in [0.4, 0.5) is 5.13 Å². The summed E-state index contributed by atoms with van der Waals surface area (Å²) in [6, 6.07) is 1.69. The number of carbonyl (C=O) groups is 2. The van der Waals surface area contributed by atoms with Gasteiger partial charge in [-0.3, -0.25) is 9.59 Å². The molecule has 2 N–H and O–H groups in total. The lowest BCUT2D eigenvalue weighted by Crippen LogP contribution is -2.15. The molecule has 1 amide bonds. The maximum atomic E-state index is 12.0. The van der Waals surface area contributed by atoms with Crippen LogP contribution in [0.2, 0.25) is 0 Å². The SMILES string of the molecule is O=C(O)C[C@@H]1CCC(c2nnc(NC(=O)Cc3ccncn3)s2)C1. The first-order chi connectivity index (χ1) is 11.6. The number of carboxylic acid groups (broad SMARTS) is 1. The highest BCUT2D eigenvalue weighted by atomic mass is 32.1. The van der Waals surface area contributed by atoms with E-state index in [2.05, 4.69) is 25.5 Å². The summed E-state index contributed by atoms with van der Waals surface area (Å²) >= 11 is 1.36. The van der Waals surface area contributed by atoms with Crippen molar-refractivity contribution in [1.29, 1.82) is 0 Å². The predicted octanol–water partition coefficient (Wildman–Crippen LogP) is 1.87. The zero-order valence-corrected chi connectivity index (χ0v) is 13.7. The topological polar surface area (TPSA) is 118 Å². The van der Waals surface area contributed by atoms with Gasteiger partial charge in [-0.25, -0.2) is 9.97 Å². The lowest BCUT2D eigenvalue weighted by molar-refractivity contribution is -0.138. The average molecular weight is 347 g/mol. The van der Waals surface area contributed by atoms with Gasteiger partial charge in [-0.2, -0.15) is 0 Å². The van der Waals surface area contributed by atoms with E-state index >= 15 is 0 Å². The molecule has 3 rings (SSSR count). The van der Waals surface area contributed by atoms with Gasteiger partial charge in [0.05, 0.1) is 12.1 Å². The van der Waals surface area contributed by atoms with Crippen LogP contribution < -0.4 is 5.32 Å². The lowest BCUT2D eigenvalue weighted by atomic mass is 10.0. The maximum Gasteiger partial charge on any atom is 0.303 e. The number of nitrogens with zero attached hydrogens (tertiary/aromatic N) is 4. The molecule has 2 aromatic heterocycles. The summed E-state index contributed by atoms with van der Waals surface area (Å²) in [6.45, 7) is 0. The first kappa shape index (κ1) is 16.4. The van der Waals surface area contributed by atoms with Gasteiger partial charge in [-0.1, -0.05) is 11.3 Å². The van der Waals surface area contributed by atoms with Crippen LogP contribution in [-0.2, 0) is 16.0 Å². The molecule has 0 aromatic carbocycles. The molecule has 2 heterocycles. The fourth-order valence-corrected chi connectivity index (χ4v) is 3.84. The predicted molar refractivity (Wildman–Crippen MR) is 86.6 cm³/mol. The summed E-state index contributed by atoms with van der Waals surface area (Å²) in [4.78, 5) is 30.6. The van der Waals surface area contributed by atoms with Crippen molar-refractivity contribution in [3.05, 3.63) is 29.3 Å². The van der Waals surface area contributed by atoms with E-state index in [4.69, 9.17) is 5.11 Å². The van der Waals surface area contributed by atoms with E-state index in [1.807, 2.05) is 0 Å². The third-order valence-corrected chi connectivity index (χ3v) is 5.03. The van der Waals surface area contributed by atoms with E-state index in [0.717, 1.165) is 24.3 Å². The fraction of sp³-hybridized carbons (Fsp3) is 0.467. The second kappa shape index (κ2) is 7.43. The molecule has 0 radical (unpaired) electrons. The van der Waals surface area contributed by atoms with Crippen molar-refractivity contribution in [2.24, 2.45) is 5.92 Å². The van der Waals surface area contributed by atoms with Gasteiger partial charge in [0.1, 0.15) is 11.3 Å². The molecule has 2 atom stereocenters. The lowest BCUT2D eigenvalue weighted by Gasteiger charge is -2.05. The second-order valence-corrected chi connectivity index (χ2v) is 6.85. The maximum absolute atomic E-state index is 12.0. The van der Waals surface area contributed by atoms with E-state index in [0.29, 0.717) is 10.8 Å². The standard InChI is InChI=1S/C15H17N5O3S/c21-12(7-11-3-4-16-8-17-11)18-15-20-19-14(24-15)10-2-1-9(5-10)6-13(22)23/h3-4,8-10H,1-2,5-7H2,(H,22,23)(H,18,20,21)/t9-,10?/m1/s1. The van der Waals surface area contributed by atoms with Crippen molar-refractivity contribution in [3.63, 3.8) is 0 Å². The molecule has 1 saturated carbocycles. The summed E-state index contributed by atoms with van der Waals surface area (Å²) in [5.74, 6) is -0.520. The van der Waals surface area contributed by atoms with Crippen LogP contribution >= 0.6 is 11.3 Å². The van der Waals surface area contributed by atoms with Gasteiger partial charge in [0, 0.05) is 18.5 Å². The van der Waals surface area contributed by atoms with E-state index in [1.165, 1.54) is 17.7 Å². The molecule has 8 nitrogen and oxygen atoms in total. The molecule has 0 spiro atoms. The summed E-state index contributed by atoms with van der Waals surface area (Å²) in [7, 11) is 0. The highest BCUT2D eigenvalue weighted by molar-refractivity contribution is 7.15. The van der Waals surface area contributed by atoms with Crippen molar-refractivity contribution in [3.8, 4) is 0 Å². The molecule has 0 bridgehead atoms. The monoisotopic (exact) mass is 347 g/mol. The molecular formula is C15H17N5O3S. The van der Waals surface area contributed by atoms with E-state index in [1.54, 1.807) is 12.3 Å². The third kappa shape index (κ3) is 4.31. The molecular weight excluding hydrogens is 330 g/mol. The number of hydrogen-bond acceptors (Lipinski definition) is 7. The number of aromatic nitrogens is 4. The summed E-state index contributed by atoms with van der Waals surface area (Å²) < 4.78 is 0. The minimum atomic E-state index is -0.754. The van der Waals surface area contributed by atoms with Crippen molar-refractivity contribution in [2.75, 3.05) is 5.32 Å². The van der Waals surface area contributed by atoms with Crippen LogP contribution in [0.1, 0.15) is 42.3 Å². The van der Waals surface area contributed by atoms with Gasteiger partial charge in [0.25, 0.3) is 0 Å². The molecule has 1 unspecified atom stereocenters. The van der Waals surface area contributed by atoms with Gasteiger partial charge in [0.15, 0.2) is 0 Å². The Labute approximate surface area is 142 Å². The zero-order chi connectivity index (χ0) is 16.9. The smallest absolute Gasteiger partial charge is 0.303 e. The largest absolute Gasteiger partial charge is 0.481 e. The van der Waals surface area contributed by atoms with Crippen LogP contribution in [-0.4, -0.2) is 37.1 Å². The van der Waals surface area contributed by atoms with Gasteiger partial charge in [-0.05, 0) is 31.2 Å². The van der Waals surface area contributed by atoms with Crippen LogP contribution in [0.25, 0.3) is 0 Å². The molecule has 2 aromatic rings. The van der Waals surface area contributed by atoms with Gasteiger partial charge in [-0.15, -0.1) is 10.2 Å². The van der Waals surface area contributed by atoms with Crippen LogP contribution in [0, 0.1) is 5.92 Å². The highest BCUT2D eigenvalue weighted by Gasteiger charge is 2.29. The van der Waals surface area contributed by atoms with Crippen molar-refractivity contribution in [2.45, 2.75) is 38.0 Å². The Morgan fingerprint density at radius 2 is 2.21 bits per heavy atom. The summed E-state index contributed by atoms with van der Waals surface area (Å²) in [5.41, 5.74) is 0.638. The Hall–Kier alpha value is -2.42. The molecule has 9 heteroatoms. The van der Waals surface area contributed by atoms with Gasteiger partial charge < -0.3 is 10.4 Å². The number of amides is 1. The molecule has 1 aliphatic carbocycles. The summed E-state index contributed by atoms with van der Waals surface area (Å²) in [5, 5.41) is 21.1. The Kier molecular flexibility index (Phi) is 5.09. The number of carbonyl (C=O) groups excluding carboxylic acids is 1. The first-order valence-electron chi connectivity index (χ1n) is 7.70. The Morgan fingerprint density at radius 1 is 1.33 bits per heavy atom. The minimum Gasteiger partial charge on any atom is -0.481 e. The van der Waals surface area contributed by atoms with Crippen molar-refractivity contribution >= 4 is 28.3 Å². The molecule has 0 aliphatic heterocycles. The number of anilines is 1. The van der Waals surface area contributed by atoms with Crippen molar-refractivity contribution < 1.29 is 14.7 Å². The van der Waals surface area contributed by atoms with Gasteiger partial charge in [0.2, 0.25) is 11.0 Å². The van der Waals surface area contributed by atoms with E-state index in [-0.39, 0.29) is 30.6 Å². The second-order valence-electron chi connectivity index (χ2n) is 5.84. The normalized spacial score (nSPS) is 20.0. The molecule has 126 valence electrons. The molecule has 1 fully saturated rings. The zero-order valence-electron chi connectivity index (χ0n) is 12.9. The van der Waals surface area contributed by atoms with E-state index < -0.39 is 5.97 Å². The minimum absolute atomic E-state index is 0.154. The van der Waals surface area contributed by atoms with Gasteiger partial charge >= 0.3 is 5.97 Å². The first-order valence-corrected chi connectivity index (χ1v) is 8.51. The number of hydrogen-bond donors (Lipinski definition) is 2. The third-order valence-electron chi connectivity index (χ3n) is 4.03. The number of nitrogens with one attached hydrogen (secondary N) is 1. The van der Waals surface area contributed by atoms with Crippen LogP contribution in [0.5, 0.6) is 0 Å². The summed E-state index contributed by atoms with van der Waals surface area (Å²) in [6.07, 6.45) is 5.98. The number of rotatable bonds is 6. The Bertz CT molecular complexity index is 721. The quantitative estimate of drug-likeness (QED) is 0.819. The Balaban J connectivity index is 1.54. The van der Waals surface area contributed by atoms with Crippen LogP contribution in [0.15, 0.2) is 18.6 Å². The molecule has 1 aliphatic rings. The van der Waals surface area contributed by atoms with E-state index in [9.17, 15) is 9.59 Å². The van der Waals surface area contributed by atoms with Crippen LogP contribution in [0.3, 0.4) is 0 Å². The highest BCUT2D eigenvalue weighted by Crippen LogP contribution is 2.41.